The van der Waals surface area contributed by atoms with Crippen LogP contribution in [0.1, 0.15) is 37.2 Å². The molecule has 0 N–H and O–H groups in total. The Labute approximate surface area is 128 Å². The standard InChI is InChI=1S/C20H24O/c1-21-15-16-7-9-18(10-8-16)20-13-11-19(12-14-20)17-5-3-2-4-6-17/h2-6,11-14,16,18H,7-10,15H2,1H3. The Bertz CT molecular complexity index is 536. The van der Waals surface area contributed by atoms with Crippen LogP contribution in [0.4, 0.5) is 0 Å². The third-order valence-corrected chi connectivity index (χ3v) is 4.74. The molecule has 0 amide bonds. The van der Waals surface area contributed by atoms with Gasteiger partial charge in [0.1, 0.15) is 0 Å². The second kappa shape index (κ2) is 6.91. The van der Waals surface area contributed by atoms with Crippen molar-refractivity contribution in [2.75, 3.05) is 13.7 Å². The first kappa shape index (κ1) is 14.3. The van der Waals surface area contributed by atoms with Gasteiger partial charge in [0, 0.05) is 13.7 Å². The van der Waals surface area contributed by atoms with E-state index < -0.39 is 0 Å². The molecule has 0 saturated heterocycles. The topological polar surface area (TPSA) is 9.23 Å². The van der Waals surface area contributed by atoms with Crippen LogP contribution in [0.5, 0.6) is 0 Å². The van der Waals surface area contributed by atoms with Crippen LogP contribution in [0.25, 0.3) is 11.1 Å². The zero-order valence-electron chi connectivity index (χ0n) is 12.8. The van der Waals surface area contributed by atoms with Crippen LogP contribution in [-0.2, 0) is 4.74 Å². The van der Waals surface area contributed by atoms with Crippen LogP contribution in [0.2, 0.25) is 0 Å². The van der Waals surface area contributed by atoms with Gasteiger partial charge in [-0.05, 0) is 54.2 Å². The van der Waals surface area contributed by atoms with Crippen LogP contribution >= 0.6 is 0 Å². The molecule has 0 aromatic heterocycles. The largest absolute Gasteiger partial charge is 0.384 e. The third-order valence-electron chi connectivity index (χ3n) is 4.74. The van der Waals surface area contributed by atoms with Crippen molar-refractivity contribution in [1.29, 1.82) is 0 Å². The Morgan fingerprint density at radius 1 is 0.810 bits per heavy atom. The molecular formula is C20H24O. The smallest absolute Gasteiger partial charge is 0.0490 e. The molecule has 0 unspecified atom stereocenters. The van der Waals surface area contributed by atoms with E-state index in [2.05, 4.69) is 54.6 Å². The lowest BCUT2D eigenvalue weighted by Crippen LogP contribution is -2.17. The van der Waals surface area contributed by atoms with E-state index in [0.29, 0.717) is 0 Å². The minimum atomic E-state index is 0.739. The molecule has 0 bridgehead atoms. The Kier molecular flexibility index (Phi) is 4.72. The van der Waals surface area contributed by atoms with Crippen molar-refractivity contribution in [3.8, 4) is 11.1 Å². The van der Waals surface area contributed by atoms with Crippen LogP contribution in [0, 0.1) is 5.92 Å². The van der Waals surface area contributed by atoms with Crippen LogP contribution in [-0.4, -0.2) is 13.7 Å². The molecule has 2 aromatic rings. The van der Waals surface area contributed by atoms with Crippen molar-refractivity contribution in [3.63, 3.8) is 0 Å². The minimum absolute atomic E-state index is 0.739. The van der Waals surface area contributed by atoms with Gasteiger partial charge in [-0.2, -0.15) is 0 Å². The first-order chi connectivity index (χ1) is 10.4. The fourth-order valence-electron chi connectivity index (χ4n) is 3.48. The quantitative estimate of drug-likeness (QED) is 0.741. The molecule has 0 radical (unpaired) electrons. The molecule has 1 aliphatic carbocycles. The number of hydrogen-bond donors (Lipinski definition) is 0. The molecule has 0 aliphatic heterocycles. The summed E-state index contributed by atoms with van der Waals surface area (Å²) < 4.78 is 5.29. The highest BCUT2D eigenvalue weighted by molar-refractivity contribution is 5.63. The number of hydrogen-bond acceptors (Lipinski definition) is 1. The summed E-state index contributed by atoms with van der Waals surface area (Å²) in [4.78, 5) is 0. The zero-order chi connectivity index (χ0) is 14.5. The molecule has 0 atom stereocenters. The Hall–Kier alpha value is -1.60. The molecule has 21 heavy (non-hydrogen) atoms. The van der Waals surface area contributed by atoms with Crippen molar-refractivity contribution in [1.82, 2.24) is 0 Å². The predicted octanol–water partition coefficient (Wildman–Crippen LogP) is 5.27. The van der Waals surface area contributed by atoms with Gasteiger partial charge in [0.2, 0.25) is 0 Å². The summed E-state index contributed by atoms with van der Waals surface area (Å²) in [5.74, 6) is 1.51. The van der Waals surface area contributed by atoms with E-state index in [1.54, 1.807) is 0 Å². The molecule has 0 spiro atoms. The maximum atomic E-state index is 5.29. The lowest BCUT2D eigenvalue weighted by molar-refractivity contribution is 0.127. The normalized spacial score (nSPS) is 22.1. The van der Waals surface area contributed by atoms with Gasteiger partial charge in [0.05, 0.1) is 0 Å². The van der Waals surface area contributed by atoms with E-state index in [0.717, 1.165) is 18.4 Å². The van der Waals surface area contributed by atoms with Crippen molar-refractivity contribution >= 4 is 0 Å². The number of methoxy groups -OCH3 is 1. The van der Waals surface area contributed by atoms with Gasteiger partial charge in [-0.15, -0.1) is 0 Å². The predicted molar refractivity (Wildman–Crippen MR) is 88.5 cm³/mol. The highest BCUT2D eigenvalue weighted by Crippen LogP contribution is 2.36. The highest BCUT2D eigenvalue weighted by Gasteiger charge is 2.22. The second-order valence-corrected chi connectivity index (χ2v) is 6.16. The monoisotopic (exact) mass is 280 g/mol. The first-order valence-electron chi connectivity index (χ1n) is 8.01. The van der Waals surface area contributed by atoms with Crippen LogP contribution in [0.3, 0.4) is 0 Å². The van der Waals surface area contributed by atoms with E-state index in [-0.39, 0.29) is 0 Å². The minimum Gasteiger partial charge on any atom is -0.384 e. The van der Waals surface area contributed by atoms with Crippen LogP contribution in [0.15, 0.2) is 54.6 Å². The van der Waals surface area contributed by atoms with Crippen molar-refractivity contribution < 1.29 is 4.74 Å². The van der Waals surface area contributed by atoms with Gasteiger partial charge in [-0.25, -0.2) is 0 Å². The van der Waals surface area contributed by atoms with Gasteiger partial charge in [0.15, 0.2) is 0 Å². The third kappa shape index (κ3) is 3.54. The molecule has 2 aromatic carbocycles. The van der Waals surface area contributed by atoms with E-state index in [1.165, 1.54) is 42.4 Å². The summed E-state index contributed by atoms with van der Waals surface area (Å²) >= 11 is 0. The molecule has 3 rings (SSSR count). The number of benzene rings is 2. The Morgan fingerprint density at radius 3 is 2.05 bits per heavy atom. The molecule has 1 fully saturated rings. The first-order valence-corrected chi connectivity index (χ1v) is 8.01. The molecular weight excluding hydrogens is 256 g/mol. The van der Waals surface area contributed by atoms with Gasteiger partial charge < -0.3 is 4.74 Å². The van der Waals surface area contributed by atoms with Gasteiger partial charge >= 0.3 is 0 Å². The van der Waals surface area contributed by atoms with Crippen LogP contribution < -0.4 is 0 Å². The Morgan fingerprint density at radius 2 is 1.43 bits per heavy atom. The van der Waals surface area contributed by atoms with E-state index in [9.17, 15) is 0 Å². The van der Waals surface area contributed by atoms with Crippen molar-refractivity contribution in [3.05, 3.63) is 60.2 Å². The summed E-state index contributed by atoms with van der Waals surface area (Å²) in [7, 11) is 1.81. The summed E-state index contributed by atoms with van der Waals surface area (Å²) in [6.07, 6.45) is 5.22. The van der Waals surface area contributed by atoms with Crippen molar-refractivity contribution in [2.45, 2.75) is 31.6 Å². The second-order valence-electron chi connectivity index (χ2n) is 6.16. The Balaban J connectivity index is 1.65. The van der Waals surface area contributed by atoms with Gasteiger partial charge in [-0.3, -0.25) is 0 Å². The maximum absolute atomic E-state index is 5.29. The average Bonchev–Trinajstić information content (AvgIpc) is 2.57. The SMILES string of the molecule is COCC1CCC(c2ccc(-c3ccccc3)cc2)CC1. The molecule has 1 aliphatic rings. The maximum Gasteiger partial charge on any atom is 0.0490 e. The lowest BCUT2D eigenvalue weighted by Gasteiger charge is -2.28. The average molecular weight is 280 g/mol. The van der Waals surface area contributed by atoms with E-state index >= 15 is 0 Å². The highest BCUT2D eigenvalue weighted by atomic mass is 16.5. The molecule has 0 heterocycles. The fraction of sp³-hybridized carbons (Fsp3) is 0.400. The molecule has 1 saturated carbocycles. The van der Waals surface area contributed by atoms with Gasteiger partial charge in [-0.1, -0.05) is 54.6 Å². The summed E-state index contributed by atoms with van der Waals surface area (Å²) in [6.45, 7) is 0.930. The summed E-state index contributed by atoms with van der Waals surface area (Å²) in [6, 6.07) is 19.8. The number of rotatable bonds is 4. The molecule has 110 valence electrons. The number of ether oxygens (including phenoxy) is 1. The summed E-state index contributed by atoms with van der Waals surface area (Å²) in [5.41, 5.74) is 4.12. The summed E-state index contributed by atoms with van der Waals surface area (Å²) in [5, 5.41) is 0. The fourth-order valence-corrected chi connectivity index (χ4v) is 3.48. The van der Waals surface area contributed by atoms with Gasteiger partial charge in [0.25, 0.3) is 0 Å². The van der Waals surface area contributed by atoms with Crippen molar-refractivity contribution in [2.24, 2.45) is 5.92 Å². The molecule has 1 heteroatoms. The lowest BCUT2D eigenvalue weighted by atomic mass is 9.79. The van der Waals surface area contributed by atoms with E-state index in [1.807, 2.05) is 7.11 Å². The molecule has 1 nitrogen and oxygen atoms in total. The van der Waals surface area contributed by atoms with E-state index in [4.69, 9.17) is 4.74 Å². The zero-order valence-corrected chi connectivity index (χ0v) is 12.8.